The van der Waals surface area contributed by atoms with Crippen LogP contribution < -0.4 is 4.74 Å². The molecule has 0 saturated carbocycles. The zero-order valence-corrected chi connectivity index (χ0v) is 8.19. The van der Waals surface area contributed by atoms with Crippen molar-refractivity contribution in [2.24, 2.45) is 0 Å². The number of hydrogen-bond donors (Lipinski definition) is 0. The summed E-state index contributed by atoms with van der Waals surface area (Å²) in [6, 6.07) is 4.34. The number of alkyl halides is 3. The number of methoxy groups -OCH3 is 1. The summed E-state index contributed by atoms with van der Waals surface area (Å²) in [5.41, 5.74) is -0.795. The lowest BCUT2D eigenvalue weighted by Crippen LogP contribution is -2.33. The van der Waals surface area contributed by atoms with Gasteiger partial charge in [-0.1, -0.05) is 12.1 Å². The molecule has 1 rings (SSSR count). The maximum Gasteiger partial charge on any atom is 0.416 e. The molecule has 1 atom stereocenters. The third-order valence-corrected chi connectivity index (χ3v) is 1.94. The molecule has 0 aromatic heterocycles. The van der Waals surface area contributed by atoms with Crippen molar-refractivity contribution in [3.63, 3.8) is 0 Å². The standard InChI is InChI=1S/C9H8F3NO3/c1-16-7-4-2-3-6(5-7)9(11,12)8(10)13(14)15/h2-5,8H,1H3. The molecule has 0 spiro atoms. The Hall–Kier alpha value is -1.79. The molecule has 0 amide bonds. The van der Waals surface area contributed by atoms with E-state index >= 15 is 0 Å². The first-order chi connectivity index (χ1) is 7.39. The van der Waals surface area contributed by atoms with Crippen LogP contribution in [0.3, 0.4) is 0 Å². The van der Waals surface area contributed by atoms with E-state index in [1.165, 1.54) is 19.2 Å². The second-order valence-corrected chi connectivity index (χ2v) is 2.98. The molecule has 88 valence electrons. The second kappa shape index (κ2) is 4.38. The molecule has 0 fully saturated rings. The summed E-state index contributed by atoms with van der Waals surface area (Å²) in [4.78, 5) is 8.33. The number of nitro groups is 1. The van der Waals surface area contributed by atoms with Crippen LogP contribution in [0.25, 0.3) is 0 Å². The van der Waals surface area contributed by atoms with E-state index < -0.39 is 22.7 Å². The van der Waals surface area contributed by atoms with Crippen molar-refractivity contribution in [2.75, 3.05) is 7.11 Å². The van der Waals surface area contributed by atoms with Crippen molar-refractivity contribution < 1.29 is 22.8 Å². The highest BCUT2D eigenvalue weighted by molar-refractivity contribution is 5.31. The lowest BCUT2D eigenvalue weighted by atomic mass is 10.1. The molecule has 0 bridgehead atoms. The van der Waals surface area contributed by atoms with Gasteiger partial charge in [0.25, 0.3) is 0 Å². The van der Waals surface area contributed by atoms with E-state index in [0.29, 0.717) is 0 Å². The predicted molar refractivity (Wildman–Crippen MR) is 48.8 cm³/mol. The lowest BCUT2D eigenvalue weighted by molar-refractivity contribution is -0.585. The van der Waals surface area contributed by atoms with Crippen molar-refractivity contribution in [3.05, 3.63) is 39.9 Å². The fourth-order valence-corrected chi connectivity index (χ4v) is 1.10. The average Bonchev–Trinajstić information content (AvgIpc) is 2.27. The first kappa shape index (κ1) is 12.3. The summed E-state index contributed by atoms with van der Waals surface area (Å²) in [6.45, 7) is 0. The molecule has 0 N–H and O–H groups in total. The van der Waals surface area contributed by atoms with E-state index in [-0.39, 0.29) is 5.75 Å². The minimum Gasteiger partial charge on any atom is -0.497 e. The molecule has 0 saturated heterocycles. The van der Waals surface area contributed by atoms with Crippen LogP contribution >= 0.6 is 0 Å². The van der Waals surface area contributed by atoms with Gasteiger partial charge in [0, 0.05) is 5.56 Å². The number of hydrogen-bond acceptors (Lipinski definition) is 3. The Morgan fingerprint density at radius 2 is 2.12 bits per heavy atom. The third-order valence-electron chi connectivity index (χ3n) is 1.94. The highest BCUT2D eigenvalue weighted by Gasteiger charge is 2.51. The van der Waals surface area contributed by atoms with Crippen LogP contribution in [0.15, 0.2) is 24.3 Å². The summed E-state index contributed by atoms with van der Waals surface area (Å²) in [7, 11) is 1.25. The van der Waals surface area contributed by atoms with Crippen LogP contribution in [0.1, 0.15) is 5.56 Å². The summed E-state index contributed by atoms with van der Waals surface area (Å²) in [5.74, 6) is -4.11. The maximum absolute atomic E-state index is 13.2. The van der Waals surface area contributed by atoms with Gasteiger partial charge < -0.3 is 4.74 Å². The molecule has 7 heteroatoms. The van der Waals surface area contributed by atoms with Crippen LogP contribution in [-0.4, -0.2) is 18.3 Å². The van der Waals surface area contributed by atoms with Crippen molar-refractivity contribution >= 4 is 0 Å². The van der Waals surface area contributed by atoms with Gasteiger partial charge in [-0.05, 0) is 12.1 Å². The fraction of sp³-hybridized carbons (Fsp3) is 0.333. The van der Waals surface area contributed by atoms with Crippen molar-refractivity contribution in [2.45, 2.75) is 12.2 Å². The smallest absolute Gasteiger partial charge is 0.416 e. The Bertz CT molecular complexity index is 397. The highest BCUT2D eigenvalue weighted by Crippen LogP contribution is 2.35. The van der Waals surface area contributed by atoms with Gasteiger partial charge in [-0.3, -0.25) is 10.1 Å². The third kappa shape index (κ3) is 2.23. The normalized spacial score (nSPS) is 13.2. The molecule has 0 aliphatic rings. The Morgan fingerprint density at radius 1 is 1.50 bits per heavy atom. The summed E-state index contributed by atoms with van der Waals surface area (Å²) in [5, 5.41) is 9.99. The predicted octanol–water partition coefficient (Wildman–Crippen LogP) is 2.36. The van der Waals surface area contributed by atoms with Gasteiger partial charge in [0.05, 0.1) is 12.0 Å². The van der Waals surface area contributed by atoms with Gasteiger partial charge in [-0.15, -0.1) is 0 Å². The molecule has 0 radical (unpaired) electrons. The molecular formula is C9H8F3NO3. The second-order valence-electron chi connectivity index (χ2n) is 2.98. The Kier molecular flexibility index (Phi) is 3.36. The van der Waals surface area contributed by atoms with E-state index in [1.54, 1.807) is 0 Å². The van der Waals surface area contributed by atoms with Gasteiger partial charge in [-0.25, -0.2) is 0 Å². The van der Waals surface area contributed by atoms with Gasteiger partial charge in [0.1, 0.15) is 5.75 Å². The quantitative estimate of drug-likeness (QED) is 0.457. The largest absolute Gasteiger partial charge is 0.497 e. The van der Waals surface area contributed by atoms with E-state index in [0.717, 1.165) is 12.1 Å². The highest BCUT2D eigenvalue weighted by atomic mass is 19.3. The van der Waals surface area contributed by atoms with Crippen LogP contribution in [0.5, 0.6) is 5.75 Å². The first-order valence-corrected chi connectivity index (χ1v) is 4.19. The van der Waals surface area contributed by atoms with Crippen LogP contribution in [0.2, 0.25) is 0 Å². The summed E-state index contributed by atoms with van der Waals surface area (Å²) >= 11 is 0. The number of halogens is 3. The Labute approximate surface area is 88.8 Å². The van der Waals surface area contributed by atoms with Crippen molar-refractivity contribution in [1.82, 2.24) is 0 Å². The minimum absolute atomic E-state index is 0.0766. The molecule has 1 aromatic rings. The molecule has 1 unspecified atom stereocenters. The zero-order valence-electron chi connectivity index (χ0n) is 8.19. The molecule has 0 aliphatic heterocycles. The molecule has 16 heavy (non-hydrogen) atoms. The van der Waals surface area contributed by atoms with Gasteiger partial charge in [0.2, 0.25) is 0 Å². The Morgan fingerprint density at radius 3 is 2.62 bits per heavy atom. The molecule has 0 heterocycles. The average molecular weight is 235 g/mol. The van der Waals surface area contributed by atoms with Crippen LogP contribution in [0, 0.1) is 10.1 Å². The van der Waals surface area contributed by atoms with Crippen molar-refractivity contribution in [1.29, 1.82) is 0 Å². The molecule has 4 nitrogen and oxygen atoms in total. The number of ether oxygens (including phenoxy) is 1. The van der Waals surface area contributed by atoms with E-state index in [2.05, 4.69) is 4.74 Å². The fourth-order valence-electron chi connectivity index (χ4n) is 1.10. The number of rotatable bonds is 4. The maximum atomic E-state index is 13.2. The van der Waals surface area contributed by atoms with Gasteiger partial charge in [0.15, 0.2) is 0 Å². The number of nitrogens with zero attached hydrogens (tertiary/aromatic N) is 1. The van der Waals surface area contributed by atoms with E-state index in [1.807, 2.05) is 0 Å². The van der Waals surface area contributed by atoms with Crippen LogP contribution in [-0.2, 0) is 5.92 Å². The van der Waals surface area contributed by atoms with Gasteiger partial charge in [-0.2, -0.15) is 13.2 Å². The zero-order chi connectivity index (χ0) is 12.3. The summed E-state index contributed by atoms with van der Waals surface area (Å²) < 4.78 is 43.9. The van der Waals surface area contributed by atoms with Crippen molar-refractivity contribution in [3.8, 4) is 5.75 Å². The monoisotopic (exact) mass is 235 g/mol. The van der Waals surface area contributed by atoms with E-state index in [9.17, 15) is 23.3 Å². The number of benzene rings is 1. The van der Waals surface area contributed by atoms with Crippen LogP contribution in [0.4, 0.5) is 13.2 Å². The molecule has 0 aliphatic carbocycles. The van der Waals surface area contributed by atoms with E-state index in [4.69, 9.17) is 0 Å². The first-order valence-electron chi connectivity index (χ1n) is 4.19. The van der Waals surface area contributed by atoms with Gasteiger partial charge >= 0.3 is 12.2 Å². The topological polar surface area (TPSA) is 52.4 Å². The summed E-state index contributed by atoms with van der Waals surface area (Å²) in [6.07, 6.45) is -3.47. The SMILES string of the molecule is COc1cccc(C(F)(F)C(F)[N+](=O)[O-])c1. The molecule has 1 aromatic carbocycles. The molecular weight excluding hydrogens is 227 g/mol. The minimum atomic E-state index is -4.18. The lowest BCUT2D eigenvalue weighted by Gasteiger charge is -2.15. The Balaban J connectivity index is 3.10.